The van der Waals surface area contributed by atoms with Gasteiger partial charge >= 0.3 is 6.03 Å². The number of likely N-dealkylation sites (tertiary alicyclic amines) is 1. The summed E-state index contributed by atoms with van der Waals surface area (Å²) in [5.74, 6) is -0.220. The molecule has 6 nitrogen and oxygen atoms in total. The highest BCUT2D eigenvalue weighted by Crippen LogP contribution is 2.25. The summed E-state index contributed by atoms with van der Waals surface area (Å²) in [7, 11) is 0. The maximum Gasteiger partial charge on any atom is 0.312 e. The Morgan fingerprint density at radius 3 is 2.35 bits per heavy atom. The first kappa shape index (κ1) is 13.8. The van der Waals surface area contributed by atoms with E-state index in [0.29, 0.717) is 19.5 Å². The van der Waals surface area contributed by atoms with E-state index in [1.54, 1.807) is 4.90 Å². The van der Waals surface area contributed by atoms with Crippen LogP contribution in [0.15, 0.2) is 0 Å². The van der Waals surface area contributed by atoms with Gasteiger partial charge in [-0.2, -0.15) is 0 Å². The van der Waals surface area contributed by atoms with Crippen molar-refractivity contribution in [1.82, 2.24) is 10.2 Å². The molecular weight excluding hydrogens is 222 g/mol. The Morgan fingerprint density at radius 1 is 1.47 bits per heavy atom. The van der Waals surface area contributed by atoms with E-state index in [4.69, 9.17) is 5.73 Å². The highest BCUT2D eigenvalue weighted by atomic mass is 16.3. The van der Waals surface area contributed by atoms with Crippen LogP contribution in [0.3, 0.4) is 0 Å². The molecule has 0 aromatic heterocycles. The standard InChI is InChI=1S/C11H21N3O3/c1-4-11(17)5-14(6-11)9(15)8(7(2)3)13-10(12)16/h7-8,17H,4-6H2,1-3H3,(H3,12,13,16). The third-order valence-corrected chi connectivity index (χ3v) is 3.17. The molecule has 1 heterocycles. The van der Waals surface area contributed by atoms with Crippen LogP contribution in [0.25, 0.3) is 0 Å². The van der Waals surface area contributed by atoms with Gasteiger partial charge < -0.3 is 21.1 Å². The van der Waals surface area contributed by atoms with Crippen LogP contribution in [-0.4, -0.2) is 46.7 Å². The quantitative estimate of drug-likeness (QED) is 0.630. The van der Waals surface area contributed by atoms with Crippen molar-refractivity contribution in [2.75, 3.05) is 13.1 Å². The number of rotatable bonds is 4. The number of aliphatic hydroxyl groups is 1. The maximum atomic E-state index is 12.1. The molecule has 1 atom stereocenters. The van der Waals surface area contributed by atoms with Gasteiger partial charge in [-0.3, -0.25) is 4.79 Å². The predicted molar refractivity (Wildman–Crippen MR) is 63.2 cm³/mol. The third kappa shape index (κ3) is 3.09. The van der Waals surface area contributed by atoms with Gasteiger partial charge in [0.1, 0.15) is 6.04 Å². The molecule has 98 valence electrons. The van der Waals surface area contributed by atoms with Crippen molar-refractivity contribution < 1.29 is 14.7 Å². The van der Waals surface area contributed by atoms with Crippen molar-refractivity contribution >= 4 is 11.9 Å². The summed E-state index contributed by atoms with van der Waals surface area (Å²) in [5.41, 5.74) is 4.28. The zero-order valence-corrected chi connectivity index (χ0v) is 10.6. The van der Waals surface area contributed by atoms with Crippen molar-refractivity contribution in [2.45, 2.75) is 38.8 Å². The Balaban J connectivity index is 2.59. The lowest BCUT2D eigenvalue weighted by molar-refractivity contribution is -0.158. The Hall–Kier alpha value is -1.30. The van der Waals surface area contributed by atoms with E-state index >= 15 is 0 Å². The second kappa shape index (κ2) is 4.91. The molecule has 1 unspecified atom stereocenters. The average Bonchev–Trinajstić information content (AvgIpc) is 2.19. The zero-order valence-electron chi connectivity index (χ0n) is 10.6. The molecule has 1 saturated heterocycles. The molecule has 0 saturated carbocycles. The van der Waals surface area contributed by atoms with Gasteiger partial charge in [0.15, 0.2) is 0 Å². The second-order valence-electron chi connectivity index (χ2n) is 5.00. The smallest absolute Gasteiger partial charge is 0.312 e. The van der Waals surface area contributed by atoms with Gasteiger partial charge in [-0.15, -0.1) is 0 Å². The van der Waals surface area contributed by atoms with Crippen molar-refractivity contribution in [2.24, 2.45) is 11.7 Å². The SMILES string of the molecule is CCC1(O)CN(C(=O)C(NC(N)=O)C(C)C)C1. The number of nitrogens with one attached hydrogen (secondary N) is 1. The molecule has 1 rings (SSSR count). The number of nitrogens with two attached hydrogens (primary N) is 1. The first-order valence-corrected chi connectivity index (χ1v) is 5.86. The monoisotopic (exact) mass is 243 g/mol. The fraction of sp³-hybridized carbons (Fsp3) is 0.818. The Morgan fingerprint density at radius 2 is 2.00 bits per heavy atom. The number of β-amino-alcohol motifs (C(OH)–C–C–N with tert-alkyl or cyclic N) is 1. The molecular formula is C11H21N3O3. The van der Waals surface area contributed by atoms with Gasteiger partial charge in [0.2, 0.25) is 5.91 Å². The number of primary amides is 1. The van der Waals surface area contributed by atoms with Crippen LogP contribution in [0.1, 0.15) is 27.2 Å². The summed E-state index contributed by atoms with van der Waals surface area (Å²) in [6.07, 6.45) is 0.617. The van der Waals surface area contributed by atoms with E-state index in [2.05, 4.69) is 5.32 Å². The van der Waals surface area contributed by atoms with Crippen molar-refractivity contribution in [3.63, 3.8) is 0 Å². The average molecular weight is 243 g/mol. The third-order valence-electron chi connectivity index (χ3n) is 3.17. The summed E-state index contributed by atoms with van der Waals surface area (Å²) < 4.78 is 0. The predicted octanol–water partition coefficient (Wildman–Crippen LogP) is -0.337. The van der Waals surface area contributed by atoms with E-state index in [1.807, 2.05) is 20.8 Å². The van der Waals surface area contributed by atoms with Gasteiger partial charge in [0.05, 0.1) is 18.7 Å². The van der Waals surface area contributed by atoms with Crippen LogP contribution in [0.4, 0.5) is 4.79 Å². The largest absolute Gasteiger partial charge is 0.386 e. The number of urea groups is 1. The molecule has 1 fully saturated rings. The van der Waals surface area contributed by atoms with Gasteiger partial charge in [-0.05, 0) is 12.3 Å². The zero-order chi connectivity index (χ0) is 13.2. The Kier molecular flexibility index (Phi) is 3.98. The molecule has 0 spiro atoms. The summed E-state index contributed by atoms with van der Waals surface area (Å²) in [5, 5.41) is 12.3. The molecule has 0 aromatic carbocycles. The highest BCUT2D eigenvalue weighted by molar-refractivity contribution is 5.87. The molecule has 0 aromatic rings. The Labute approximate surface area is 101 Å². The lowest BCUT2D eigenvalue weighted by atomic mass is 9.89. The van der Waals surface area contributed by atoms with Crippen molar-refractivity contribution in [3.05, 3.63) is 0 Å². The topological polar surface area (TPSA) is 95.7 Å². The Bertz CT molecular complexity index is 311. The van der Waals surface area contributed by atoms with Crippen molar-refractivity contribution in [1.29, 1.82) is 0 Å². The molecule has 0 aliphatic carbocycles. The number of amides is 3. The molecule has 4 N–H and O–H groups in total. The van der Waals surface area contributed by atoms with Crippen LogP contribution in [-0.2, 0) is 4.79 Å². The van der Waals surface area contributed by atoms with E-state index < -0.39 is 17.7 Å². The van der Waals surface area contributed by atoms with E-state index in [9.17, 15) is 14.7 Å². The van der Waals surface area contributed by atoms with Crippen LogP contribution in [0, 0.1) is 5.92 Å². The number of nitrogens with zero attached hydrogens (tertiary/aromatic N) is 1. The van der Waals surface area contributed by atoms with Gasteiger partial charge in [-0.25, -0.2) is 4.79 Å². The highest BCUT2D eigenvalue weighted by Gasteiger charge is 2.44. The van der Waals surface area contributed by atoms with Crippen LogP contribution in [0.5, 0.6) is 0 Å². The van der Waals surface area contributed by atoms with E-state index in [-0.39, 0.29) is 11.8 Å². The van der Waals surface area contributed by atoms with Gasteiger partial charge in [0.25, 0.3) is 0 Å². The summed E-state index contributed by atoms with van der Waals surface area (Å²) in [6, 6.07) is -1.32. The van der Waals surface area contributed by atoms with Gasteiger partial charge in [-0.1, -0.05) is 20.8 Å². The second-order valence-corrected chi connectivity index (χ2v) is 5.00. The normalized spacial score (nSPS) is 19.7. The molecule has 1 aliphatic rings. The minimum atomic E-state index is -0.760. The van der Waals surface area contributed by atoms with Crippen LogP contribution >= 0.6 is 0 Å². The molecule has 6 heteroatoms. The molecule has 0 bridgehead atoms. The number of carbonyl (C=O) groups is 2. The summed E-state index contributed by atoms with van der Waals surface area (Å²) >= 11 is 0. The summed E-state index contributed by atoms with van der Waals surface area (Å²) in [6.45, 7) is 6.20. The molecule has 17 heavy (non-hydrogen) atoms. The first-order chi connectivity index (χ1) is 7.79. The van der Waals surface area contributed by atoms with Crippen LogP contribution < -0.4 is 11.1 Å². The summed E-state index contributed by atoms with van der Waals surface area (Å²) in [4.78, 5) is 24.4. The number of carbonyl (C=O) groups excluding carboxylic acids is 2. The minimum Gasteiger partial charge on any atom is -0.386 e. The number of hydrogen-bond acceptors (Lipinski definition) is 3. The minimum absolute atomic E-state index is 0.0367. The molecule has 1 aliphatic heterocycles. The van der Waals surface area contributed by atoms with Crippen molar-refractivity contribution in [3.8, 4) is 0 Å². The fourth-order valence-electron chi connectivity index (χ4n) is 1.91. The van der Waals surface area contributed by atoms with Crippen LogP contribution in [0.2, 0.25) is 0 Å². The van der Waals surface area contributed by atoms with E-state index in [0.717, 1.165) is 0 Å². The number of hydrogen-bond donors (Lipinski definition) is 3. The lowest BCUT2D eigenvalue weighted by Gasteiger charge is -2.47. The first-order valence-electron chi connectivity index (χ1n) is 5.86. The fourth-order valence-corrected chi connectivity index (χ4v) is 1.91. The van der Waals surface area contributed by atoms with E-state index in [1.165, 1.54) is 0 Å². The molecule has 0 radical (unpaired) electrons. The lowest BCUT2D eigenvalue weighted by Crippen LogP contribution is -2.67. The van der Waals surface area contributed by atoms with Gasteiger partial charge in [0, 0.05) is 0 Å². The maximum absolute atomic E-state index is 12.1. The molecule has 3 amide bonds.